The van der Waals surface area contributed by atoms with Crippen LogP contribution in [0.4, 0.5) is 11.4 Å². The molecule has 0 spiro atoms. The van der Waals surface area contributed by atoms with E-state index in [0.29, 0.717) is 6.42 Å². The topological polar surface area (TPSA) is 127 Å². The molecule has 4 N–H and O–H groups in total. The van der Waals surface area contributed by atoms with Crippen LogP contribution in [0.1, 0.15) is 27.2 Å². The molecule has 0 amide bonds. The summed E-state index contributed by atoms with van der Waals surface area (Å²) in [6.07, 6.45) is 0.608. The Morgan fingerprint density at radius 2 is 2.00 bits per heavy atom. The van der Waals surface area contributed by atoms with Crippen molar-refractivity contribution in [3.63, 3.8) is 0 Å². The van der Waals surface area contributed by atoms with Crippen molar-refractivity contribution >= 4 is 21.4 Å². The van der Waals surface area contributed by atoms with Gasteiger partial charge in [-0.3, -0.25) is 16.0 Å². The van der Waals surface area contributed by atoms with Gasteiger partial charge in [-0.1, -0.05) is 20.8 Å². The van der Waals surface area contributed by atoms with E-state index in [2.05, 4.69) is 10.1 Å². The highest BCUT2D eigenvalue weighted by molar-refractivity contribution is 7.89. The molecule has 1 atom stereocenters. The average molecular weight is 316 g/mol. The Hall–Kier alpha value is -1.71. The molecule has 1 aromatic rings. The van der Waals surface area contributed by atoms with Gasteiger partial charge in [0.05, 0.1) is 10.6 Å². The second-order valence-electron chi connectivity index (χ2n) is 4.96. The lowest BCUT2D eigenvalue weighted by atomic mass is 10.0. The Morgan fingerprint density at radius 1 is 1.38 bits per heavy atom. The van der Waals surface area contributed by atoms with Crippen LogP contribution in [0.15, 0.2) is 23.1 Å². The molecule has 0 saturated heterocycles. The van der Waals surface area contributed by atoms with E-state index in [1.54, 1.807) is 0 Å². The smallest absolute Gasteiger partial charge is 0.270 e. The standard InChI is InChI=1S/C12H20N4O4S/c1-4-10(8(2)3)15-21(19,20)12-7-9(16(17)18)5-6-11(12)14-13/h5-8,10,14-15H,4,13H2,1-3H3. The highest BCUT2D eigenvalue weighted by Crippen LogP contribution is 2.26. The van der Waals surface area contributed by atoms with Gasteiger partial charge in [0.2, 0.25) is 10.0 Å². The number of nitro benzene ring substituents is 1. The van der Waals surface area contributed by atoms with Crippen molar-refractivity contribution in [2.45, 2.75) is 38.1 Å². The molecule has 0 aliphatic rings. The molecule has 21 heavy (non-hydrogen) atoms. The number of rotatable bonds is 7. The number of sulfonamides is 1. The third kappa shape index (κ3) is 4.13. The van der Waals surface area contributed by atoms with Crippen LogP contribution in [-0.2, 0) is 10.0 Å². The lowest BCUT2D eigenvalue weighted by molar-refractivity contribution is -0.385. The van der Waals surface area contributed by atoms with Crippen molar-refractivity contribution in [2.75, 3.05) is 5.43 Å². The van der Waals surface area contributed by atoms with Gasteiger partial charge >= 0.3 is 0 Å². The fourth-order valence-corrected chi connectivity index (χ4v) is 3.58. The molecule has 0 fully saturated rings. The number of hydrazine groups is 1. The average Bonchev–Trinajstić information content (AvgIpc) is 2.43. The molecule has 0 aromatic heterocycles. The van der Waals surface area contributed by atoms with E-state index < -0.39 is 14.9 Å². The minimum atomic E-state index is -3.91. The van der Waals surface area contributed by atoms with E-state index in [9.17, 15) is 18.5 Å². The summed E-state index contributed by atoms with van der Waals surface area (Å²) < 4.78 is 27.4. The van der Waals surface area contributed by atoms with Crippen molar-refractivity contribution < 1.29 is 13.3 Å². The number of non-ortho nitro benzene ring substituents is 1. The maximum atomic E-state index is 12.4. The van der Waals surface area contributed by atoms with E-state index in [1.165, 1.54) is 12.1 Å². The molecule has 1 rings (SSSR count). The molecule has 9 heteroatoms. The molecule has 0 bridgehead atoms. The first-order valence-electron chi connectivity index (χ1n) is 6.50. The number of nitrogens with one attached hydrogen (secondary N) is 2. The van der Waals surface area contributed by atoms with Crippen molar-refractivity contribution in [1.82, 2.24) is 4.72 Å². The number of nitrogens with zero attached hydrogens (tertiary/aromatic N) is 1. The first kappa shape index (κ1) is 17.3. The van der Waals surface area contributed by atoms with Gasteiger partial charge in [0.15, 0.2) is 0 Å². The van der Waals surface area contributed by atoms with E-state index in [4.69, 9.17) is 5.84 Å². The van der Waals surface area contributed by atoms with Gasteiger partial charge < -0.3 is 5.43 Å². The van der Waals surface area contributed by atoms with Gasteiger partial charge in [0, 0.05) is 18.2 Å². The van der Waals surface area contributed by atoms with Gasteiger partial charge in [0.25, 0.3) is 5.69 Å². The van der Waals surface area contributed by atoms with Gasteiger partial charge in [-0.25, -0.2) is 13.1 Å². The van der Waals surface area contributed by atoms with E-state index in [-0.39, 0.29) is 28.2 Å². The van der Waals surface area contributed by atoms with Crippen molar-refractivity contribution in [3.8, 4) is 0 Å². The predicted octanol–water partition coefficient (Wildman–Crippen LogP) is 1.59. The number of hydrogen-bond donors (Lipinski definition) is 3. The quantitative estimate of drug-likeness (QED) is 0.398. The van der Waals surface area contributed by atoms with E-state index in [1.807, 2.05) is 20.8 Å². The Balaban J connectivity index is 3.29. The van der Waals surface area contributed by atoms with Crippen molar-refractivity contribution in [3.05, 3.63) is 28.3 Å². The highest BCUT2D eigenvalue weighted by atomic mass is 32.2. The van der Waals surface area contributed by atoms with Crippen LogP contribution in [0.2, 0.25) is 0 Å². The molecule has 0 saturated carbocycles. The molecule has 0 heterocycles. The lowest BCUT2D eigenvalue weighted by Gasteiger charge is -2.21. The summed E-state index contributed by atoms with van der Waals surface area (Å²) in [6.45, 7) is 5.65. The van der Waals surface area contributed by atoms with Gasteiger partial charge in [-0.2, -0.15) is 0 Å². The van der Waals surface area contributed by atoms with Gasteiger partial charge in [-0.05, 0) is 18.4 Å². The fourth-order valence-electron chi connectivity index (χ4n) is 1.92. The molecule has 0 aliphatic heterocycles. The fraction of sp³-hybridized carbons (Fsp3) is 0.500. The summed E-state index contributed by atoms with van der Waals surface area (Å²) in [5.41, 5.74) is 2.04. The summed E-state index contributed by atoms with van der Waals surface area (Å²) in [5, 5.41) is 10.8. The minimum absolute atomic E-state index is 0.0951. The normalized spacial score (nSPS) is 13.2. The van der Waals surface area contributed by atoms with E-state index >= 15 is 0 Å². The molecular formula is C12H20N4O4S. The van der Waals surface area contributed by atoms with Crippen LogP contribution in [-0.4, -0.2) is 19.4 Å². The SMILES string of the molecule is CCC(NS(=O)(=O)c1cc([N+](=O)[O-])ccc1NN)C(C)C. The third-order valence-corrected chi connectivity index (χ3v) is 4.70. The number of hydrogen-bond acceptors (Lipinski definition) is 6. The molecule has 8 nitrogen and oxygen atoms in total. The van der Waals surface area contributed by atoms with Gasteiger partial charge in [-0.15, -0.1) is 0 Å². The summed E-state index contributed by atoms with van der Waals surface area (Å²) in [5.74, 6) is 5.38. The Bertz CT molecular complexity index is 616. The number of nitrogen functional groups attached to an aromatic ring is 1. The molecule has 0 radical (unpaired) electrons. The Kier molecular flexibility index (Phi) is 5.64. The van der Waals surface area contributed by atoms with Gasteiger partial charge in [0.1, 0.15) is 4.90 Å². The number of anilines is 1. The van der Waals surface area contributed by atoms with Crippen LogP contribution < -0.4 is 16.0 Å². The predicted molar refractivity (Wildman–Crippen MR) is 80.1 cm³/mol. The first-order chi connectivity index (χ1) is 9.72. The maximum absolute atomic E-state index is 12.4. The van der Waals surface area contributed by atoms with Crippen LogP contribution >= 0.6 is 0 Å². The number of nitro groups is 1. The third-order valence-electron chi connectivity index (χ3n) is 3.17. The zero-order chi connectivity index (χ0) is 16.2. The van der Waals surface area contributed by atoms with Crippen molar-refractivity contribution in [2.24, 2.45) is 11.8 Å². The summed E-state index contributed by atoms with van der Waals surface area (Å²) in [6, 6.07) is 3.18. The summed E-state index contributed by atoms with van der Waals surface area (Å²) >= 11 is 0. The molecule has 0 aliphatic carbocycles. The van der Waals surface area contributed by atoms with Crippen LogP contribution in [0.5, 0.6) is 0 Å². The molecule has 1 unspecified atom stereocenters. The molecule has 118 valence electrons. The number of benzene rings is 1. The monoisotopic (exact) mass is 316 g/mol. The minimum Gasteiger partial charge on any atom is -0.323 e. The second kappa shape index (κ2) is 6.83. The zero-order valence-electron chi connectivity index (χ0n) is 12.2. The number of nitrogens with two attached hydrogens (primary N) is 1. The zero-order valence-corrected chi connectivity index (χ0v) is 13.0. The van der Waals surface area contributed by atoms with E-state index in [0.717, 1.165) is 6.07 Å². The van der Waals surface area contributed by atoms with Crippen LogP contribution in [0.3, 0.4) is 0 Å². The maximum Gasteiger partial charge on any atom is 0.270 e. The van der Waals surface area contributed by atoms with Crippen LogP contribution in [0, 0.1) is 16.0 Å². The highest BCUT2D eigenvalue weighted by Gasteiger charge is 2.25. The summed E-state index contributed by atoms with van der Waals surface area (Å²) in [7, 11) is -3.91. The van der Waals surface area contributed by atoms with Crippen LogP contribution in [0.25, 0.3) is 0 Å². The Labute approximate surface area is 123 Å². The lowest BCUT2D eigenvalue weighted by Crippen LogP contribution is -2.38. The molecule has 1 aromatic carbocycles. The van der Waals surface area contributed by atoms with Crippen molar-refractivity contribution in [1.29, 1.82) is 0 Å². The Morgan fingerprint density at radius 3 is 2.43 bits per heavy atom. The first-order valence-corrected chi connectivity index (χ1v) is 7.98. The summed E-state index contributed by atoms with van der Waals surface area (Å²) in [4.78, 5) is 9.91. The largest absolute Gasteiger partial charge is 0.323 e. The molecular weight excluding hydrogens is 296 g/mol. The second-order valence-corrected chi connectivity index (χ2v) is 6.64.